The predicted octanol–water partition coefficient (Wildman–Crippen LogP) is 5.69. The van der Waals surface area contributed by atoms with Gasteiger partial charge < -0.3 is 0 Å². The van der Waals surface area contributed by atoms with Gasteiger partial charge in [0.15, 0.2) is 0 Å². The third-order valence-electron chi connectivity index (χ3n) is 5.59. The lowest BCUT2D eigenvalue weighted by atomic mass is 9.97. The van der Waals surface area contributed by atoms with Crippen LogP contribution in [0, 0.1) is 0 Å². The van der Waals surface area contributed by atoms with Gasteiger partial charge in [-0.1, -0.05) is 42.5 Å². The quantitative estimate of drug-likeness (QED) is 0.360. The second-order valence-electron chi connectivity index (χ2n) is 7.05. The number of aryl methyl sites for hydroxylation is 2. The zero-order valence-corrected chi connectivity index (χ0v) is 14.8. The smallest absolute Gasteiger partial charge is 0.145 e. The number of rotatable bonds is 0. The van der Waals surface area contributed by atoms with Gasteiger partial charge >= 0.3 is 0 Å². The summed E-state index contributed by atoms with van der Waals surface area (Å²) >= 11 is 0. The number of nitrogens with zero attached hydrogens (tertiary/aromatic N) is 3. The lowest BCUT2D eigenvalue weighted by Gasteiger charge is -2.27. The summed E-state index contributed by atoms with van der Waals surface area (Å²) in [6, 6.07) is 23.6. The van der Waals surface area contributed by atoms with Crippen molar-refractivity contribution in [3.05, 3.63) is 90.3 Å². The number of fused-ring (bicyclic) bond motifs is 7. The van der Waals surface area contributed by atoms with Crippen molar-refractivity contribution < 1.29 is 0 Å². The van der Waals surface area contributed by atoms with Gasteiger partial charge in [0.05, 0.1) is 17.1 Å². The van der Waals surface area contributed by atoms with E-state index < -0.39 is 0 Å². The van der Waals surface area contributed by atoms with Crippen molar-refractivity contribution in [2.24, 2.45) is 0 Å². The summed E-state index contributed by atoms with van der Waals surface area (Å²) in [7, 11) is 0. The normalized spacial score (nSPS) is 13.6. The van der Waals surface area contributed by atoms with Crippen molar-refractivity contribution in [3.8, 4) is 22.4 Å². The molecule has 3 heteroatoms. The molecule has 0 bridgehead atoms. The first kappa shape index (κ1) is 14.7. The number of para-hydroxylation sites is 2. The van der Waals surface area contributed by atoms with Crippen molar-refractivity contribution >= 4 is 17.2 Å². The second kappa shape index (κ2) is 5.52. The van der Waals surface area contributed by atoms with E-state index in [0.29, 0.717) is 0 Å². The van der Waals surface area contributed by atoms with Gasteiger partial charge in [0.1, 0.15) is 5.82 Å². The van der Waals surface area contributed by atoms with Gasteiger partial charge in [-0.2, -0.15) is 0 Å². The molecule has 0 aliphatic carbocycles. The fourth-order valence-corrected chi connectivity index (χ4v) is 4.42. The number of hydrogen-bond acceptors (Lipinski definition) is 3. The Kier molecular flexibility index (Phi) is 3.00. The van der Waals surface area contributed by atoms with E-state index >= 15 is 0 Å². The molecule has 4 aromatic rings. The van der Waals surface area contributed by atoms with E-state index in [0.717, 1.165) is 35.5 Å². The molecule has 2 aliphatic rings. The summed E-state index contributed by atoms with van der Waals surface area (Å²) in [4.78, 5) is 12.0. The second-order valence-corrected chi connectivity index (χ2v) is 7.05. The van der Waals surface area contributed by atoms with E-state index in [9.17, 15) is 0 Å². The molecule has 4 heterocycles. The van der Waals surface area contributed by atoms with Crippen molar-refractivity contribution in [2.75, 3.05) is 4.90 Å². The standard InChI is InChI=1S/C24H17N3/c1-2-11-21-16(6-1)12-13-17-7-3-8-20-22-18(9-4-14-25-22)19-10-5-15-26-24(19)27(21)23(17)20/h1-11,14-15H,12-13H2. The molecule has 0 atom stereocenters. The Morgan fingerprint density at radius 2 is 1.37 bits per heavy atom. The molecule has 0 unspecified atom stereocenters. The van der Waals surface area contributed by atoms with Crippen LogP contribution in [0.3, 0.4) is 0 Å². The van der Waals surface area contributed by atoms with Gasteiger partial charge in [0.2, 0.25) is 0 Å². The van der Waals surface area contributed by atoms with Crippen molar-refractivity contribution in [1.82, 2.24) is 9.97 Å². The lowest BCUT2D eigenvalue weighted by molar-refractivity contribution is 0.977. The van der Waals surface area contributed by atoms with E-state index in [4.69, 9.17) is 9.97 Å². The zero-order valence-electron chi connectivity index (χ0n) is 14.8. The van der Waals surface area contributed by atoms with E-state index in [-0.39, 0.29) is 0 Å². The van der Waals surface area contributed by atoms with E-state index in [1.807, 2.05) is 24.5 Å². The fourth-order valence-electron chi connectivity index (χ4n) is 4.42. The zero-order chi connectivity index (χ0) is 17.8. The van der Waals surface area contributed by atoms with Crippen LogP contribution in [0.25, 0.3) is 22.4 Å². The van der Waals surface area contributed by atoms with Gasteiger partial charge in [-0.25, -0.2) is 4.98 Å². The summed E-state index contributed by atoms with van der Waals surface area (Å²) in [6.07, 6.45) is 5.81. The molecule has 0 amide bonds. The van der Waals surface area contributed by atoms with Gasteiger partial charge in [-0.15, -0.1) is 0 Å². The summed E-state index contributed by atoms with van der Waals surface area (Å²) in [5.41, 5.74) is 9.62. The number of hydrogen-bond donors (Lipinski definition) is 0. The van der Waals surface area contributed by atoms with Crippen LogP contribution in [-0.2, 0) is 12.8 Å². The minimum atomic E-state index is 0.979. The number of pyridine rings is 2. The highest BCUT2D eigenvalue weighted by Gasteiger charge is 2.31. The molecule has 2 aromatic heterocycles. The molecule has 0 saturated heterocycles. The summed E-state index contributed by atoms with van der Waals surface area (Å²) in [5, 5.41) is 0. The number of aromatic nitrogens is 2. The minimum Gasteiger partial charge on any atom is -0.293 e. The van der Waals surface area contributed by atoms with E-state index in [1.54, 1.807) is 0 Å². The first-order chi connectivity index (χ1) is 13.4. The molecule has 0 fully saturated rings. The van der Waals surface area contributed by atoms with Crippen LogP contribution >= 0.6 is 0 Å². The molecule has 0 N–H and O–H groups in total. The Bertz CT molecular complexity index is 1200. The Balaban J connectivity index is 1.82. The van der Waals surface area contributed by atoms with Gasteiger partial charge in [0, 0.05) is 29.1 Å². The molecule has 2 aliphatic heterocycles. The van der Waals surface area contributed by atoms with Crippen LogP contribution in [0.15, 0.2) is 79.1 Å². The van der Waals surface area contributed by atoms with Crippen molar-refractivity contribution in [3.63, 3.8) is 0 Å². The van der Waals surface area contributed by atoms with Crippen molar-refractivity contribution in [2.45, 2.75) is 12.8 Å². The monoisotopic (exact) mass is 347 g/mol. The first-order valence-corrected chi connectivity index (χ1v) is 9.32. The average Bonchev–Trinajstić information content (AvgIpc) is 2.98. The Morgan fingerprint density at radius 3 is 2.33 bits per heavy atom. The van der Waals surface area contributed by atoms with Crippen LogP contribution in [0.4, 0.5) is 17.2 Å². The number of anilines is 3. The maximum absolute atomic E-state index is 4.84. The van der Waals surface area contributed by atoms with Crippen LogP contribution < -0.4 is 4.90 Å². The van der Waals surface area contributed by atoms with Gasteiger partial charge in [-0.05, 0) is 48.2 Å². The minimum absolute atomic E-state index is 0.979. The van der Waals surface area contributed by atoms with Gasteiger partial charge in [-0.3, -0.25) is 9.88 Å². The molecular weight excluding hydrogens is 330 g/mol. The molecule has 0 saturated carbocycles. The maximum atomic E-state index is 4.84. The molecule has 128 valence electrons. The topological polar surface area (TPSA) is 29.0 Å². The van der Waals surface area contributed by atoms with Crippen LogP contribution in [0.2, 0.25) is 0 Å². The Labute approximate surface area is 158 Å². The summed E-state index contributed by atoms with van der Waals surface area (Å²) in [6.45, 7) is 0. The first-order valence-electron chi connectivity index (χ1n) is 9.32. The molecule has 2 aromatic carbocycles. The predicted molar refractivity (Wildman–Crippen MR) is 109 cm³/mol. The van der Waals surface area contributed by atoms with Crippen molar-refractivity contribution in [1.29, 1.82) is 0 Å². The SMILES string of the molecule is c1ccc2c(c1)CCc1cccc3c1N2c1ncccc1-c1cccnc1-3. The molecule has 3 nitrogen and oxygen atoms in total. The highest BCUT2D eigenvalue weighted by molar-refractivity contribution is 6.01. The highest BCUT2D eigenvalue weighted by atomic mass is 15.2. The molecule has 0 radical (unpaired) electrons. The maximum Gasteiger partial charge on any atom is 0.145 e. The van der Waals surface area contributed by atoms with Crippen LogP contribution in [-0.4, -0.2) is 9.97 Å². The Hall–Kier alpha value is -3.46. The fraction of sp³-hybridized carbons (Fsp3) is 0.0833. The third kappa shape index (κ3) is 2.02. The molecule has 6 rings (SSSR count). The van der Waals surface area contributed by atoms with Crippen LogP contribution in [0.5, 0.6) is 0 Å². The highest BCUT2D eigenvalue weighted by Crippen LogP contribution is 2.52. The number of benzene rings is 2. The molecular formula is C24H17N3. The van der Waals surface area contributed by atoms with Crippen LogP contribution in [0.1, 0.15) is 11.1 Å². The summed E-state index contributed by atoms with van der Waals surface area (Å²) < 4.78 is 0. The molecule has 27 heavy (non-hydrogen) atoms. The summed E-state index contributed by atoms with van der Waals surface area (Å²) in [5.74, 6) is 0.979. The molecule has 0 spiro atoms. The van der Waals surface area contributed by atoms with E-state index in [2.05, 4.69) is 59.5 Å². The van der Waals surface area contributed by atoms with Gasteiger partial charge in [0.25, 0.3) is 0 Å². The lowest BCUT2D eigenvalue weighted by Crippen LogP contribution is -2.14. The third-order valence-corrected chi connectivity index (χ3v) is 5.59. The van der Waals surface area contributed by atoms with E-state index in [1.165, 1.54) is 28.1 Å². The average molecular weight is 347 g/mol. The largest absolute Gasteiger partial charge is 0.293 e. The Morgan fingerprint density at radius 1 is 0.630 bits per heavy atom.